The quantitative estimate of drug-likeness (QED) is 0.810. The number of carbonyl (C=O) groups excluding carboxylic acids is 2. The highest BCUT2D eigenvalue weighted by molar-refractivity contribution is 6.30. The topological polar surface area (TPSA) is 68.3 Å². The Hall–Kier alpha value is -1.62. The summed E-state index contributed by atoms with van der Waals surface area (Å²) >= 11 is 5.79. The number of nitrogens with one attached hydrogen (secondary N) is 1. The van der Waals surface area contributed by atoms with Crippen molar-refractivity contribution in [3.8, 4) is 5.75 Å². The molecule has 0 fully saturated rings. The zero-order valence-corrected chi connectivity index (χ0v) is 11.9. The number of nitrogens with zero attached hydrogens (tertiary/aromatic N) is 1. The van der Waals surface area contributed by atoms with Gasteiger partial charge in [0.15, 0.2) is 23.3 Å². The Morgan fingerprint density at radius 2 is 2.16 bits per heavy atom. The van der Waals surface area contributed by atoms with Gasteiger partial charge in [0.1, 0.15) is 0 Å². The first-order valence-electron chi connectivity index (χ1n) is 5.95. The first kappa shape index (κ1) is 15.4. The van der Waals surface area contributed by atoms with E-state index >= 15 is 0 Å². The molecule has 0 aliphatic heterocycles. The summed E-state index contributed by atoms with van der Waals surface area (Å²) in [7, 11) is 0. The van der Waals surface area contributed by atoms with Gasteiger partial charge >= 0.3 is 0 Å². The molecule has 1 heterocycles. The number of halogens is 1. The molecular formula is C13H17ClN2O3. The molecule has 19 heavy (non-hydrogen) atoms. The minimum Gasteiger partial charge on any atom is -0.481 e. The molecule has 0 aromatic carbocycles. The number of carbonyl (C=O) groups is 2. The lowest BCUT2D eigenvalue weighted by Crippen LogP contribution is -2.45. The van der Waals surface area contributed by atoms with E-state index in [-0.39, 0.29) is 29.4 Å². The monoisotopic (exact) mass is 284 g/mol. The fourth-order valence-corrected chi connectivity index (χ4v) is 1.75. The molecule has 0 aliphatic rings. The lowest BCUT2D eigenvalue weighted by Gasteiger charge is -2.19. The maximum Gasteiger partial charge on any atom is 0.258 e. The number of hydrogen-bond donors (Lipinski definition) is 1. The lowest BCUT2D eigenvalue weighted by molar-refractivity contribution is -0.129. The Kier molecular flexibility index (Phi) is 5.76. The summed E-state index contributed by atoms with van der Waals surface area (Å²) in [5.41, 5.74) is 0. The van der Waals surface area contributed by atoms with E-state index in [0.29, 0.717) is 5.75 Å². The SMILES string of the molecule is CC(=O)C(NC(=O)COc1cccnc1Cl)C(C)C. The van der Waals surface area contributed by atoms with Gasteiger partial charge in [0, 0.05) is 6.20 Å². The van der Waals surface area contributed by atoms with E-state index in [9.17, 15) is 9.59 Å². The van der Waals surface area contributed by atoms with Crippen molar-refractivity contribution in [2.75, 3.05) is 6.61 Å². The third-order valence-electron chi connectivity index (χ3n) is 2.50. The standard InChI is InChI=1S/C13H17ClN2O3/c1-8(2)12(9(3)17)16-11(18)7-19-10-5-4-6-15-13(10)14/h4-6,8,12H,7H2,1-3H3,(H,16,18). The molecule has 1 atom stereocenters. The third-order valence-corrected chi connectivity index (χ3v) is 2.79. The number of aromatic nitrogens is 1. The van der Waals surface area contributed by atoms with Crippen molar-refractivity contribution in [3.63, 3.8) is 0 Å². The number of pyridine rings is 1. The lowest BCUT2D eigenvalue weighted by atomic mass is 10.0. The smallest absolute Gasteiger partial charge is 0.258 e. The molecule has 0 radical (unpaired) electrons. The molecule has 1 amide bonds. The number of ether oxygens (including phenoxy) is 1. The van der Waals surface area contributed by atoms with E-state index in [4.69, 9.17) is 16.3 Å². The van der Waals surface area contributed by atoms with Crippen LogP contribution in [0.5, 0.6) is 5.75 Å². The summed E-state index contributed by atoms with van der Waals surface area (Å²) < 4.78 is 5.24. The van der Waals surface area contributed by atoms with Crippen molar-refractivity contribution < 1.29 is 14.3 Å². The number of Topliss-reactive ketones (excluding diaryl/α,β-unsaturated/α-hetero) is 1. The van der Waals surface area contributed by atoms with Crippen LogP contribution in [0.25, 0.3) is 0 Å². The van der Waals surface area contributed by atoms with Gasteiger partial charge in [0.25, 0.3) is 5.91 Å². The van der Waals surface area contributed by atoms with Crippen molar-refractivity contribution in [2.45, 2.75) is 26.8 Å². The predicted molar refractivity (Wildman–Crippen MR) is 72.2 cm³/mol. The molecule has 6 heteroatoms. The van der Waals surface area contributed by atoms with E-state index in [1.165, 1.54) is 13.1 Å². The van der Waals surface area contributed by atoms with E-state index in [1.807, 2.05) is 13.8 Å². The van der Waals surface area contributed by atoms with E-state index in [2.05, 4.69) is 10.3 Å². The second-order valence-corrected chi connectivity index (χ2v) is 4.84. The molecule has 1 aromatic heterocycles. The Balaban J connectivity index is 2.52. The average molecular weight is 285 g/mol. The molecule has 104 valence electrons. The van der Waals surface area contributed by atoms with Gasteiger partial charge < -0.3 is 10.1 Å². The highest BCUT2D eigenvalue weighted by atomic mass is 35.5. The number of rotatable bonds is 6. The second kappa shape index (κ2) is 7.09. The van der Waals surface area contributed by atoms with Gasteiger partial charge in [-0.2, -0.15) is 0 Å². The van der Waals surface area contributed by atoms with Crippen LogP contribution in [0.2, 0.25) is 5.15 Å². The predicted octanol–water partition coefficient (Wildman–Crippen LogP) is 1.84. The molecule has 0 aliphatic carbocycles. The van der Waals surface area contributed by atoms with Crippen LogP contribution in [0, 0.1) is 5.92 Å². The van der Waals surface area contributed by atoms with Gasteiger partial charge in [0.05, 0.1) is 6.04 Å². The molecule has 0 saturated heterocycles. The average Bonchev–Trinajstić information content (AvgIpc) is 2.34. The van der Waals surface area contributed by atoms with Crippen molar-refractivity contribution >= 4 is 23.3 Å². The van der Waals surface area contributed by atoms with Crippen LogP contribution in [0.1, 0.15) is 20.8 Å². The van der Waals surface area contributed by atoms with Gasteiger partial charge in [-0.05, 0) is 25.0 Å². The first-order valence-corrected chi connectivity index (χ1v) is 6.32. The molecule has 1 N–H and O–H groups in total. The fourth-order valence-electron chi connectivity index (χ4n) is 1.58. The van der Waals surface area contributed by atoms with Crippen molar-refractivity contribution in [1.82, 2.24) is 10.3 Å². The van der Waals surface area contributed by atoms with Crippen LogP contribution >= 0.6 is 11.6 Å². The van der Waals surface area contributed by atoms with Gasteiger partial charge in [-0.1, -0.05) is 25.4 Å². The first-order chi connectivity index (χ1) is 8.91. The van der Waals surface area contributed by atoms with Crippen LogP contribution < -0.4 is 10.1 Å². The Labute approximate surface area is 117 Å². The summed E-state index contributed by atoms with van der Waals surface area (Å²) in [6, 6.07) is 2.78. The van der Waals surface area contributed by atoms with Crippen LogP contribution in [-0.4, -0.2) is 29.3 Å². The zero-order valence-electron chi connectivity index (χ0n) is 11.1. The largest absolute Gasteiger partial charge is 0.481 e. The number of ketones is 1. The minimum absolute atomic E-state index is 0.0310. The molecule has 5 nitrogen and oxygen atoms in total. The fraction of sp³-hybridized carbons (Fsp3) is 0.462. The maximum absolute atomic E-state index is 11.7. The molecule has 1 unspecified atom stereocenters. The molecule has 0 saturated carbocycles. The summed E-state index contributed by atoms with van der Waals surface area (Å²) in [4.78, 5) is 26.9. The molecule has 1 aromatic rings. The van der Waals surface area contributed by atoms with Crippen LogP contribution in [0.4, 0.5) is 0 Å². The summed E-state index contributed by atoms with van der Waals surface area (Å²) in [5, 5.41) is 2.83. The maximum atomic E-state index is 11.7. The van der Waals surface area contributed by atoms with Crippen LogP contribution in [0.15, 0.2) is 18.3 Å². The van der Waals surface area contributed by atoms with Crippen molar-refractivity contribution in [3.05, 3.63) is 23.5 Å². The van der Waals surface area contributed by atoms with E-state index in [0.717, 1.165) is 0 Å². The highest BCUT2D eigenvalue weighted by Gasteiger charge is 2.20. The number of amides is 1. The normalized spacial score (nSPS) is 12.1. The van der Waals surface area contributed by atoms with E-state index in [1.54, 1.807) is 12.1 Å². The van der Waals surface area contributed by atoms with Crippen LogP contribution in [0.3, 0.4) is 0 Å². The summed E-state index contributed by atoms with van der Waals surface area (Å²) in [6.07, 6.45) is 1.53. The molecule has 0 bridgehead atoms. The highest BCUT2D eigenvalue weighted by Crippen LogP contribution is 2.19. The minimum atomic E-state index is -0.500. The zero-order chi connectivity index (χ0) is 14.4. The van der Waals surface area contributed by atoms with Crippen molar-refractivity contribution in [1.29, 1.82) is 0 Å². The Bertz CT molecular complexity index is 463. The molecule has 0 spiro atoms. The molecule has 1 rings (SSSR count). The van der Waals surface area contributed by atoms with Crippen LogP contribution in [-0.2, 0) is 9.59 Å². The number of hydrogen-bond acceptors (Lipinski definition) is 4. The van der Waals surface area contributed by atoms with Gasteiger partial charge in [-0.3, -0.25) is 9.59 Å². The second-order valence-electron chi connectivity index (χ2n) is 4.48. The van der Waals surface area contributed by atoms with Gasteiger partial charge in [-0.15, -0.1) is 0 Å². The Morgan fingerprint density at radius 1 is 1.47 bits per heavy atom. The van der Waals surface area contributed by atoms with Gasteiger partial charge in [0.2, 0.25) is 0 Å². The third kappa shape index (κ3) is 4.87. The summed E-state index contributed by atoms with van der Waals surface area (Å²) in [5.74, 6) is -0.0803. The van der Waals surface area contributed by atoms with E-state index < -0.39 is 6.04 Å². The summed E-state index contributed by atoms with van der Waals surface area (Å²) in [6.45, 7) is 4.97. The van der Waals surface area contributed by atoms with Crippen molar-refractivity contribution in [2.24, 2.45) is 5.92 Å². The molecular weight excluding hydrogens is 268 g/mol. The Morgan fingerprint density at radius 3 is 2.68 bits per heavy atom. The van der Waals surface area contributed by atoms with Gasteiger partial charge in [-0.25, -0.2) is 4.98 Å².